The van der Waals surface area contributed by atoms with Crippen molar-refractivity contribution in [1.29, 1.82) is 0 Å². The summed E-state index contributed by atoms with van der Waals surface area (Å²) in [6.07, 6.45) is 6.12. The molecular weight excluding hydrogens is 354 g/mol. The smallest absolute Gasteiger partial charge is 0.225 e. The van der Waals surface area contributed by atoms with Gasteiger partial charge in [0.25, 0.3) is 0 Å². The number of aromatic nitrogens is 5. The molecule has 1 aliphatic carbocycles. The summed E-state index contributed by atoms with van der Waals surface area (Å²) in [7, 11) is 0. The molecule has 5 rings (SSSR count). The highest BCUT2D eigenvalue weighted by atomic mass is 16.1. The van der Waals surface area contributed by atoms with Gasteiger partial charge in [-0.05, 0) is 37.8 Å². The van der Waals surface area contributed by atoms with Crippen LogP contribution in [0.2, 0.25) is 0 Å². The number of piperidine rings is 1. The molecule has 144 valence electrons. The maximum atomic E-state index is 11.4. The topological polar surface area (TPSA) is 103 Å². The summed E-state index contributed by atoms with van der Waals surface area (Å²) in [6, 6.07) is 4.36. The molecule has 3 aromatic rings. The average Bonchev–Trinajstić information content (AvgIpc) is 3.02. The van der Waals surface area contributed by atoms with E-state index in [2.05, 4.69) is 44.3 Å². The second-order valence-electron chi connectivity index (χ2n) is 8.10. The van der Waals surface area contributed by atoms with Crippen LogP contribution in [0.4, 0.5) is 5.95 Å². The van der Waals surface area contributed by atoms with Crippen LogP contribution in [-0.4, -0.2) is 43.5 Å². The monoisotopic (exact) mass is 377 g/mol. The SMILES string of the molecule is CC(C)n1cnc2cnc(Cc3ccnc(N4C[C@@H]5C(C(N)=O)[C@@H]5C4)n3)cc21. The number of pyridine rings is 1. The zero-order chi connectivity index (χ0) is 19.4. The molecular formula is C20H23N7O. The Kier molecular flexibility index (Phi) is 3.82. The number of primary amides is 1. The zero-order valence-corrected chi connectivity index (χ0v) is 16.0. The largest absolute Gasteiger partial charge is 0.369 e. The molecule has 3 aromatic heterocycles. The van der Waals surface area contributed by atoms with E-state index >= 15 is 0 Å². The van der Waals surface area contributed by atoms with Crippen LogP contribution in [0.3, 0.4) is 0 Å². The van der Waals surface area contributed by atoms with E-state index in [4.69, 9.17) is 10.7 Å². The summed E-state index contributed by atoms with van der Waals surface area (Å²) in [4.78, 5) is 31.7. The van der Waals surface area contributed by atoms with Crippen LogP contribution in [0, 0.1) is 17.8 Å². The van der Waals surface area contributed by atoms with Crippen LogP contribution in [0.5, 0.6) is 0 Å². The molecule has 0 spiro atoms. The summed E-state index contributed by atoms with van der Waals surface area (Å²) in [5.74, 6) is 1.32. The third-order valence-corrected chi connectivity index (χ3v) is 5.94. The fourth-order valence-corrected chi connectivity index (χ4v) is 4.41. The van der Waals surface area contributed by atoms with E-state index < -0.39 is 0 Å². The molecule has 8 heteroatoms. The first-order valence-corrected chi connectivity index (χ1v) is 9.69. The molecule has 28 heavy (non-hydrogen) atoms. The third kappa shape index (κ3) is 2.80. The molecule has 2 fully saturated rings. The first kappa shape index (κ1) is 17.1. The molecule has 1 unspecified atom stereocenters. The lowest BCUT2D eigenvalue weighted by Crippen LogP contribution is -2.29. The van der Waals surface area contributed by atoms with Gasteiger partial charge >= 0.3 is 0 Å². The van der Waals surface area contributed by atoms with Crippen molar-refractivity contribution in [1.82, 2.24) is 24.5 Å². The number of nitrogens with zero attached hydrogens (tertiary/aromatic N) is 6. The van der Waals surface area contributed by atoms with E-state index in [1.165, 1.54) is 0 Å². The number of carbonyl (C=O) groups is 1. The summed E-state index contributed by atoms with van der Waals surface area (Å²) in [5.41, 5.74) is 9.32. The molecule has 4 heterocycles. The van der Waals surface area contributed by atoms with Gasteiger partial charge in [0.05, 0.1) is 23.7 Å². The number of carbonyl (C=O) groups excluding carboxylic acids is 1. The minimum atomic E-state index is -0.175. The molecule has 1 amide bonds. The molecule has 0 aromatic carbocycles. The fourth-order valence-electron chi connectivity index (χ4n) is 4.41. The van der Waals surface area contributed by atoms with Crippen molar-refractivity contribution in [2.45, 2.75) is 26.3 Å². The molecule has 1 aliphatic heterocycles. The Hall–Kier alpha value is -3.03. The minimum Gasteiger partial charge on any atom is -0.369 e. The number of hydrogen-bond donors (Lipinski definition) is 1. The number of amides is 1. The molecule has 1 saturated carbocycles. The molecule has 2 N–H and O–H groups in total. The van der Waals surface area contributed by atoms with Gasteiger partial charge in [0.1, 0.15) is 5.52 Å². The number of anilines is 1. The second kappa shape index (κ2) is 6.25. The van der Waals surface area contributed by atoms with Gasteiger partial charge in [0, 0.05) is 43.4 Å². The molecule has 3 atom stereocenters. The van der Waals surface area contributed by atoms with E-state index in [1.54, 1.807) is 6.20 Å². The standard InChI is InChI=1S/C20H23N7O/c1-11(2)27-10-24-16-7-23-13(6-17(16)27)5-12-3-4-22-20(25-12)26-8-14-15(9-26)18(14)19(21)28/h3-4,6-7,10-11,14-15,18H,5,8-9H2,1-2H3,(H2,21,28)/t14-,15+,18?. The lowest BCUT2D eigenvalue weighted by atomic mass is 10.2. The van der Waals surface area contributed by atoms with E-state index in [9.17, 15) is 4.79 Å². The Morgan fingerprint density at radius 1 is 1.21 bits per heavy atom. The first-order chi connectivity index (χ1) is 13.5. The molecule has 8 nitrogen and oxygen atoms in total. The van der Waals surface area contributed by atoms with Crippen molar-refractivity contribution in [3.63, 3.8) is 0 Å². The van der Waals surface area contributed by atoms with E-state index in [0.29, 0.717) is 24.3 Å². The highest BCUT2D eigenvalue weighted by Gasteiger charge is 2.59. The Morgan fingerprint density at radius 3 is 2.71 bits per heavy atom. The number of rotatable bonds is 5. The van der Waals surface area contributed by atoms with Crippen molar-refractivity contribution in [3.05, 3.63) is 42.2 Å². The van der Waals surface area contributed by atoms with Crippen LogP contribution in [0.1, 0.15) is 31.3 Å². The van der Waals surface area contributed by atoms with Crippen molar-refractivity contribution in [2.75, 3.05) is 18.0 Å². The Bertz CT molecular complexity index is 1050. The van der Waals surface area contributed by atoms with Crippen LogP contribution >= 0.6 is 0 Å². The van der Waals surface area contributed by atoms with E-state index in [-0.39, 0.29) is 11.8 Å². The van der Waals surface area contributed by atoms with Crippen LogP contribution in [-0.2, 0) is 11.2 Å². The highest BCUT2D eigenvalue weighted by Crippen LogP contribution is 2.51. The maximum absolute atomic E-state index is 11.4. The van der Waals surface area contributed by atoms with Gasteiger partial charge < -0.3 is 15.2 Å². The third-order valence-electron chi connectivity index (χ3n) is 5.94. The molecule has 2 aliphatic rings. The highest BCUT2D eigenvalue weighted by molar-refractivity contribution is 5.81. The van der Waals surface area contributed by atoms with Gasteiger partial charge in [0.2, 0.25) is 11.9 Å². The van der Waals surface area contributed by atoms with E-state index in [1.807, 2.05) is 18.6 Å². The van der Waals surface area contributed by atoms with Gasteiger partial charge in [-0.15, -0.1) is 0 Å². The van der Waals surface area contributed by atoms with Crippen molar-refractivity contribution >= 4 is 22.9 Å². The average molecular weight is 377 g/mol. The zero-order valence-electron chi connectivity index (χ0n) is 16.0. The Morgan fingerprint density at radius 2 is 2.00 bits per heavy atom. The minimum absolute atomic E-state index is 0.0427. The van der Waals surface area contributed by atoms with Crippen molar-refractivity contribution < 1.29 is 4.79 Å². The summed E-state index contributed by atoms with van der Waals surface area (Å²) >= 11 is 0. The quantitative estimate of drug-likeness (QED) is 0.724. The van der Waals surface area contributed by atoms with Gasteiger partial charge in [0.15, 0.2) is 0 Å². The van der Waals surface area contributed by atoms with Crippen molar-refractivity contribution in [2.24, 2.45) is 23.5 Å². The second-order valence-corrected chi connectivity index (χ2v) is 8.10. The first-order valence-electron chi connectivity index (χ1n) is 9.69. The number of hydrogen-bond acceptors (Lipinski definition) is 6. The molecule has 1 saturated heterocycles. The van der Waals surface area contributed by atoms with Gasteiger partial charge in [-0.3, -0.25) is 9.78 Å². The number of nitrogens with two attached hydrogens (primary N) is 1. The lowest BCUT2D eigenvalue weighted by molar-refractivity contribution is -0.119. The van der Waals surface area contributed by atoms with Crippen molar-refractivity contribution in [3.8, 4) is 0 Å². The Labute approximate surface area is 162 Å². The molecule has 0 bridgehead atoms. The van der Waals surface area contributed by atoms with Gasteiger partial charge in [-0.1, -0.05) is 0 Å². The normalized spacial score (nSPS) is 23.4. The predicted octanol–water partition coefficient (Wildman–Crippen LogP) is 1.56. The lowest BCUT2D eigenvalue weighted by Gasteiger charge is -2.19. The molecule has 0 radical (unpaired) electrons. The van der Waals surface area contributed by atoms with Gasteiger partial charge in [-0.25, -0.2) is 15.0 Å². The maximum Gasteiger partial charge on any atom is 0.225 e. The number of fused-ring (bicyclic) bond motifs is 2. The fraction of sp³-hybridized carbons (Fsp3) is 0.450. The predicted molar refractivity (Wildman–Crippen MR) is 105 cm³/mol. The Balaban J connectivity index is 1.34. The van der Waals surface area contributed by atoms with Crippen LogP contribution in [0.15, 0.2) is 30.9 Å². The van der Waals surface area contributed by atoms with E-state index in [0.717, 1.165) is 41.5 Å². The van der Waals surface area contributed by atoms with Gasteiger partial charge in [-0.2, -0.15) is 0 Å². The summed E-state index contributed by atoms with van der Waals surface area (Å²) < 4.78 is 2.15. The summed E-state index contributed by atoms with van der Waals surface area (Å²) in [6.45, 7) is 5.89. The van der Waals surface area contributed by atoms with Crippen LogP contribution < -0.4 is 10.6 Å². The van der Waals surface area contributed by atoms with Crippen LogP contribution in [0.25, 0.3) is 11.0 Å². The number of imidazole rings is 1. The summed E-state index contributed by atoms with van der Waals surface area (Å²) in [5, 5.41) is 0.